The first-order valence-corrected chi connectivity index (χ1v) is 11.5. The minimum Gasteiger partial charge on any atom is -0.507 e. The summed E-state index contributed by atoms with van der Waals surface area (Å²) in [6.07, 6.45) is -5.19. The van der Waals surface area contributed by atoms with Crippen LogP contribution in [0.3, 0.4) is 0 Å². The molecule has 4 aromatic rings. The molecule has 6 nitrogen and oxygen atoms in total. The Bertz CT molecular complexity index is 1490. The van der Waals surface area contributed by atoms with E-state index in [1.807, 2.05) is 30.9 Å². The van der Waals surface area contributed by atoms with E-state index >= 15 is 0 Å². The molecule has 36 heavy (non-hydrogen) atoms. The number of hydrogen-bond donors (Lipinski definition) is 1. The average molecular weight is 499 g/mol. The fourth-order valence-electron chi connectivity index (χ4n) is 4.70. The number of phenols is 1. The fourth-order valence-corrected chi connectivity index (χ4v) is 4.70. The van der Waals surface area contributed by atoms with Gasteiger partial charge in [0.15, 0.2) is 0 Å². The van der Waals surface area contributed by atoms with Crippen LogP contribution in [0.4, 0.5) is 13.2 Å². The minimum atomic E-state index is -5.01. The number of hydrogen-bond acceptors (Lipinski definition) is 6. The summed E-state index contributed by atoms with van der Waals surface area (Å²) in [6, 6.07) is 14.6. The Hall–Kier alpha value is -3.56. The Kier molecular flexibility index (Phi) is 6.13. The van der Waals surface area contributed by atoms with Crippen LogP contribution in [-0.2, 0) is 17.5 Å². The van der Waals surface area contributed by atoms with Crippen molar-refractivity contribution in [2.75, 3.05) is 13.1 Å². The van der Waals surface area contributed by atoms with E-state index in [0.29, 0.717) is 13.1 Å². The minimum absolute atomic E-state index is 0.0705. The molecule has 1 aliphatic heterocycles. The number of benzene rings is 3. The van der Waals surface area contributed by atoms with Crippen LogP contribution in [-0.4, -0.2) is 35.3 Å². The third-order valence-electron chi connectivity index (χ3n) is 6.17. The van der Waals surface area contributed by atoms with Crippen molar-refractivity contribution in [2.24, 2.45) is 0 Å². The third-order valence-corrected chi connectivity index (χ3v) is 6.17. The van der Waals surface area contributed by atoms with Gasteiger partial charge in [-0.2, -0.15) is 13.2 Å². The van der Waals surface area contributed by atoms with Crippen LogP contribution in [0.25, 0.3) is 21.7 Å². The number of alkyl halides is 3. The van der Waals surface area contributed by atoms with E-state index in [1.54, 1.807) is 24.3 Å². The Morgan fingerprint density at radius 1 is 1.03 bits per heavy atom. The number of halogens is 3. The topological polar surface area (TPSA) is 72.1 Å². The van der Waals surface area contributed by atoms with Gasteiger partial charge in [0.1, 0.15) is 17.1 Å². The van der Waals surface area contributed by atoms with Crippen molar-refractivity contribution in [1.82, 2.24) is 4.90 Å². The van der Waals surface area contributed by atoms with Crippen LogP contribution in [0, 0.1) is 0 Å². The molecule has 0 saturated carbocycles. The van der Waals surface area contributed by atoms with E-state index in [0.717, 1.165) is 10.8 Å². The summed E-state index contributed by atoms with van der Waals surface area (Å²) in [5.74, 6) is -2.69. The number of phenolic OH excluding ortho intramolecular Hbond substituents is 1. The third kappa shape index (κ3) is 4.64. The molecule has 1 saturated heterocycles. The zero-order valence-corrected chi connectivity index (χ0v) is 19.6. The summed E-state index contributed by atoms with van der Waals surface area (Å²) >= 11 is 0. The normalized spacial score (nSPS) is 19.1. The van der Waals surface area contributed by atoms with E-state index in [1.165, 1.54) is 18.2 Å². The summed E-state index contributed by atoms with van der Waals surface area (Å²) in [6.45, 7) is 4.90. The lowest BCUT2D eigenvalue weighted by molar-refractivity contribution is -0.154. The maximum atomic E-state index is 14.1. The predicted molar refractivity (Wildman–Crippen MR) is 128 cm³/mol. The molecule has 0 radical (unpaired) electrons. The molecule has 0 amide bonds. The zero-order chi connectivity index (χ0) is 25.6. The van der Waals surface area contributed by atoms with Gasteiger partial charge in [-0.25, -0.2) is 0 Å². The van der Waals surface area contributed by atoms with Crippen LogP contribution in [0.2, 0.25) is 0 Å². The van der Waals surface area contributed by atoms with Crippen molar-refractivity contribution in [3.05, 3.63) is 76.1 Å². The van der Waals surface area contributed by atoms with Crippen molar-refractivity contribution >= 4 is 21.7 Å². The second-order valence-electron chi connectivity index (χ2n) is 9.09. The van der Waals surface area contributed by atoms with Crippen LogP contribution >= 0.6 is 0 Å². The Labute approximate surface area is 204 Å². The number of aromatic hydroxyl groups is 1. The maximum Gasteiger partial charge on any atom is 0.453 e. The standard InChI is InChI=1S/C27H24F3NO5/c1-15-12-31(13-16(2)34-15)14-21-22(32)10-9-20-23(33)25(26(27(28,29)30)36-24(20)21)35-19-8-7-17-5-3-4-6-18(17)11-19/h3-11,15-16,32H,12-14H2,1-2H3/t15-,16+. The average Bonchev–Trinajstić information content (AvgIpc) is 2.81. The second-order valence-corrected chi connectivity index (χ2v) is 9.09. The molecule has 9 heteroatoms. The van der Waals surface area contributed by atoms with Crippen molar-refractivity contribution in [3.63, 3.8) is 0 Å². The van der Waals surface area contributed by atoms with Crippen molar-refractivity contribution in [3.8, 4) is 17.2 Å². The highest BCUT2D eigenvalue weighted by molar-refractivity contribution is 5.85. The highest BCUT2D eigenvalue weighted by Crippen LogP contribution is 2.40. The van der Waals surface area contributed by atoms with Gasteiger partial charge in [0.25, 0.3) is 5.76 Å². The molecule has 2 atom stereocenters. The molecule has 1 N–H and O–H groups in total. The fraction of sp³-hybridized carbons (Fsp3) is 0.296. The Morgan fingerprint density at radius 2 is 1.72 bits per heavy atom. The van der Waals surface area contributed by atoms with Gasteiger partial charge in [0, 0.05) is 19.6 Å². The lowest BCUT2D eigenvalue weighted by Crippen LogP contribution is -2.44. The molecule has 2 heterocycles. The molecular formula is C27H24F3NO5. The van der Waals surface area contributed by atoms with Crippen molar-refractivity contribution in [1.29, 1.82) is 0 Å². The van der Waals surface area contributed by atoms with Gasteiger partial charge in [-0.3, -0.25) is 9.69 Å². The summed E-state index contributed by atoms with van der Waals surface area (Å²) in [7, 11) is 0. The van der Waals surface area contributed by atoms with Gasteiger partial charge in [0.2, 0.25) is 11.2 Å². The Morgan fingerprint density at radius 3 is 2.42 bits per heavy atom. The van der Waals surface area contributed by atoms with Gasteiger partial charge in [0.05, 0.1) is 23.2 Å². The highest BCUT2D eigenvalue weighted by atomic mass is 19.4. The first kappa shape index (κ1) is 24.1. The summed E-state index contributed by atoms with van der Waals surface area (Å²) in [5.41, 5.74) is -1.18. The van der Waals surface area contributed by atoms with Crippen molar-refractivity contribution in [2.45, 2.75) is 38.8 Å². The van der Waals surface area contributed by atoms with E-state index in [-0.39, 0.29) is 46.8 Å². The zero-order valence-electron chi connectivity index (χ0n) is 19.6. The maximum absolute atomic E-state index is 14.1. The van der Waals surface area contributed by atoms with E-state index in [9.17, 15) is 23.1 Å². The number of nitrogens with zero attached hydrogens (tertiary/aromatic N) is 1. The monoisotopic (exact) mass is 499 g/mol. The van der Waals surface area contributed by atoms with Crippen LogP contribution < -0.4 is 10.2 Å². The number of morpholine rings is 1. The lowest BCUT2D eigenvalue weighted by Gasteiger charge is -2.35. The summed E-state index contributed by atoms with van der Waals surface area (Å²) < 4.78 is 58.9. The molecule has 0 spiro atoms. The van der Waals surface area contributed by atoms with Gasteiger partial charge in [-0.1, -0.05) is 30.3 Å². The molecule has 1 fully saturated rings. The lowest BCUT2D eigenvalue weighted by atomic mass is 10.1. The molecule has 3 aromatic carbocycles. The molecule has 188 valence electrons. The van der Waals surface area contributed by atoms with Crippen LogP contribution in [0.15, 0.2) is 63.8 Å². The smallest absolute Gasteiger partial charge is 0.453 e. The molecule has 0 unspecified atom stereocenters. The van der Waals surface area contributed by atoms with Gasteiger partial charge < -0.3 is 19.0 Å². The van der Waals surface area contributed by atoms with E-state index in [2.05, 4.69) is 0 Å². The van der Waals surface area contributed by atoms with E-state index < -0.39 is 23.1 Å². The quantitative estimate of drug-likeness (QED) is 0.367. The number of ether oxygens (including phenoxy) is 2. The van der Waals surface area contributed by atoms with Crippen LogP contribution in [0.5, 0.6) is 17.2 Å². The van der Waals surface area contributed by atoms with Gasteiger partial charge >= 0.3 is 6.18 Å². The van der Waals surface area contributed by atoms with E-state index in [4.69, 9.17) is 13.9 Å². The summed E-state index contributed by atoms with van der Waals surface area (Å²) in [5, 5.41) is 12.0. The summed E-state index contributed by atoms with van der Waals surface area (Å²) in [4.78, 5) is 15.3. The van der Waals surface area contributed by atoms with Crippen molar-refractivity contribution < 1.29 is 32.2 Å². The highest BCUT2D eigenvalue weighted by Gasteiger charge is 2.41. The van der Waals surface area contributed by atoms with Crippen LogP contribution in [0.1, 0.15) is 25.2 Å². The second kappa shape index (κ2) is 9.15. The number of fused-ring (bicyclic) bond motifs is 2. The molecule has 1 aromatic heterocycles. The predicted octanol–water partition coefficient (Wildman–Crippen LogP) is 6.07. The number of rotatable bonds is 4. The Balaban J connectivity index is 1.62. The van der Waals surface area contributed by atoms with Gasteiger partial charge in [-0.05, 0) is 48.9 Å². The van der Waals surface area contributed by atoms with Gasteiger partial charge in [-0.15, -0.1) is 0 Å². The molecule has 5 rings (SSSR count). The first-order valence-electron chi connectivity index (χ1n) is 11.5. The molecule has 1 aliphatic rings. The largest absolute Gasteiger partial charge is 0.507 e. The molecule has 0 aliphatic carbocycles. The SMILES string of the molecule is C[C@@H]1CN(Cc2c(O)ccc3c(=O)c(Oc4ccc5ccccc5c4)c(C(F)(F)F)oc23)C[C@H](C)O1. The molecular weight excluding hydrogens is 475 g/mol. The molecule has 0 bridgehead atoms. The first-order chi connectivity index (χ1) is 17.1.